The van der Waals surface area contributed by atoms with Gasteiger partial charge in [-0.3, -0.25) is 14.9 Å². The van der Waals surface area contributed by atoms with Crippen LogP contribution >= 0.6 is 0 Å². The molecule has 1 saturated carbocycles. The topological polar surface area (TPSA) is 46.2 Å². The molecule has 0 bridgehead atoms. The van der Waals surface area contributed by atoms with E-state index in [1.54, 1.807) is 6.92 Å². The fraction of sp³-hybridized carbons (Fsp3) is 0.667. The van der Waals surface area contributed by atoms with Crippen LogP contribution in [0.4, 0.5) is 0 Å². The Balaban J connectivity index is 2.21. The van der Waals surface area contributed by atoms with Gasteiger partial charge in [0.1, 0.15) is 0 Å². The Labute approximate surface area is 89.9 Å². The molecule has 1 aliphatic carbocycles. The van der Waals surface area contributed by atoms with Crippen LogP contribution in [0.25, 0.3) is 0 Å². The average Bonchev–Trinajstić information content (AvgIpc) is 2.46. The van der Waals surface area contributed by atoms with Gasteiger partial charge in [-0.2, -0.15) is 0 Å². The van der Waals surface area contributed by atoms with E-state index >= 15 is 0 Å². The fourth-order valence-corrected chi connectivity index (χ4v) is 2.62. The van der Waals surface area contributed by atoms with Gasteiger partial charge in [0.15, 0.2) is 0 Å². The molecule has 1 aliphatic heterocycles. The van der Waals surface area contributed by atoms with Crippen LogP contribution in [-0.2, 0) is 9.59 Å². The molecule has 0 aromatic heterocycles. The number of imide groups is 1. The monoisotopic (exact) mass is 207 g/mol. The van der Waals surface area contributed by atoms with Crippen LogP contribution in [0.3, 0.4) is 0 Å². The van der Waals surface area contributed by atoms with E-state index in [0.717, 1.165) is 18.4 Å². The van der Waals surface area contributed by atoms with Gasteiger partial charge in [-0.15, -0.1) is 0 Å². The van der Waals surface area contributed by atoms with Crippen molar-refractivity contribution in [2.24, 2.45) is 5.92 Å². The molecule has 1 N–H and O–H groups in total. The van der Waals surface area contributed by atoms with Crippen molar-refractivity contribution >= 4 is 11.8 Å². The lowest BCUT2D eigenvalue weighted by Crippen LogP contribution is -2.24. The number of amides is 2. The number of carbonyl (C=O) groups is 2. The maximum atomic E-state index is 11.6. The minimum atomic E-state index is -0.195. The van der Waals surface area contributed by atoms with Gasteiger partial charge in [0.25, 0.3) is 11.8 Å². The first kappa shape index (κ1) is 10.4. The normalized spacial score (nSPS) is 24.3. The molecule has 1 fully saturated rings. The van der Waals surface area contributed by atoms with Crippen LogP contribution in [-0.4, -0.2) is 11.8 Å². The lowest BCUT2D eigenvalue weighted by Gasteiger charge is -2.14. The zero-order chi connectivity index (χ0) is 10.8. The molecule has 82 valence electrons. The van der Waals surface area contributed by atoms with E-state index in [1.165, 1.54) is 25.7 Å². The van der Waals surface area contributed by atoms with Gasteiger partial charge in [0, 0.05) is 11.1 Å². The van der Waals surface area contributed by atoms with E-state index in [1.807, 2.05) is 0 Å². The van der Waals surface area contributed by atoms with E-state index in [9.17, 15) is 9.59 Å². The van der Waals surface area contributed by atoms with Gasteiger partial charge < -0.3 is 0 Å². The zero-order valence-corrected chi connectivity index (χ0v) is 9.14. The third-order valence-electron chi connectivity index (χ3n) is 3.48. The summed E-state index contributed by atoms with van der Waals surface area (Å²) in [4.78, 5) is 23.0. The summed E-state index contributed by atoms with van der Waals surface area (Å²) in [6, 6.07) is 0. The van der Waals surface area contributed by atoms with E-state index in [4.69, 9.17) is 0 Å². The van der Waals surface area contributed by atoms with Crippen LogP contribution in [0, 0.1) is 5.92 Å². The molecule has 1 heterocycles. The highest BCUT2D eigenvalue weighted by atomic mass is 16.2. The lowest BCUT2D eigenvalue weighted by atomic mass is 9.89. The third-order valence-corrected chi connectivity index (χ3v) is 3.48. The maximum Gasteiger partial charge on any atom is 0.254 e. The molecular weight excluding hydrogens is 190 g/mol. The van der Waals surface area contributed by atoms with Gasteiger partial charge in [0.05, 0.1) is 0 Å². The van der Waals surface area contributed by atoms with E-state index in [-0.39, 0.29) is 11.8 Å². The van der Waals surface area contributed by atoms with Crippen molar-refractivity contribution < 1.29 is 9.59 Å². The smallest absolute Gasteiger partial charge is 0.254 e. The van der Waals surface area contributed by atoms with E-state index in [2.05, 4.69) is 5.32 Å². The summed E-state index contributed by atoms with van der Waals surface area (Å²) >= 11 is 0. The third kappa shape index (κ3) is 1.96. The van der Waals surface area contributed by atoms with Gasteiger partial charge in [-0.05, 0) is 25.7 Å². The summed E-state index contributed by atoms with van der Waals surface area (Å²) in [6.07, 6.45) is 7.02. The number of hydrogen-bond acceptors (Lipinski definition) is 2. The molecule has 2 rings (SSSR count). The summed E-state index contributed by atoms with van der Waals surface area (Å²) in [5.41, 5.74) is 1.41. The van der Waals surface area contributed by atoms with Crippen molar-refractivity contribution in [3.8, 4) is 0 Å². The molecule has 0 unspecified atom stereocenters. The second kappa shape index (κ2) is 4.17. The molecule has 2 aliphatic rings. The minimum absolute atomic E-state index is 0.149. The summed E-state index contributed by atoms with van der Waals surface area (Å²) < 4.78 is 0. The fourth-order valence-electron chi connectivity index (χ4n) is 2.62. The Kier molecular flexibility index (Phi) is 2.89. The van der Waals surface area contributed by atoms with Gasteiger partial charge in [-0.25, -0.2) is 0 Å². The molecule has 3 nitrogen and oxygen atoms in total. The Morgan fingerprint density at radius 1 is 1.00 bits per heavy atom. The maximum absolute atomic E-state index is 11.6. The second-order valence-corrected chi connectivity index (χ2v) is 4.51. The predicted octanol–water partition coefficient (Wildman–Crippen LogP) is 1.93. The molecule has 2 amide bonds. The molecule has 0 radical (unpaired) electrons. The highest BCUT2D eigenvalue weighted by Gasteiger charge is 2.32. The van der Waals surface area contributed by atoms with Crippen molar-refractivity contribution in [3.05, 3.63) is 11.1 Å². The molecule has 0 saturated heterocycles. The van der Waals surface area contributed by atoms with Crippen molar-refractivity contribution in [2.45, 2.75) is 45.4 Å². The van der Waals surface area contributed by atoms with Gasteiger partial charge >= 0.3 is 0 Å². The molecule has 0 spiro atoms. The molecule has 15 heavy (non-hydrogen) atoms. The Bertz CT molecular complexity index is 323. The lowest BCUT2D eigenvalue weighted by molar-refractivity contribution is -0.124. The predicted molar refractivity (Wildman–Crippen MR) is 57.0 cm³/mol. The molecule has 0 aromatic rings. The highest BCUT2D eigenvalue weighted by molar-refractivity contribution is 6.19. The number of nitrogens with one attached hydrogen (secondary N) is 1. The minimum Gasteiger partial charge on any atom is -0.289 e. The Hall–Kier alpha value is -1.12. The van der Waals surface area contributed by atoms with E-state index in [0.29, 0.717) is 11.5 Å². The average molecular weight is 207 g/mol. The summed E-state index contributed by atoms with van der Waals surface area (Å²) in [6.45, 7) is 1.76. The Morgan fingerprint density at radius 2 is 1.60 bits per heavy atom. The van der Waals surface area contributed by atoms with Crippen LogP contribution in [0.5, 0.6) is 0 Å². The van der Waals surface area contributed by atoms with Crippen LogP contribution < -0.4 is 5.32 Å². The summed E-state index contributed by atoms with van der Waals surface area (Å²) in [5, 5.41) is 2.38. The number of carbonyl (C=O) groups excluding carboxylic acids is 2. The first-order valence-corrected chi connectivity index (χ1v) is 5.76. The summed E-state index contributed by atoms with van der Waals surface area (Å²) in [7, 11) is 0. The van der Waals surface area contributed by atoms with Gasteiger partial charge in [0.2, 0.25) is 0 Å². The SMILES string of the molecule is CC1=C(C2CCCCCC2)C(=O)NC1=O. The number of rotatable bonds is 1. The zero-order valence-electron chi connectivity index (χ0n) is 9.14. The van der Waals surface area contributed by atoms with Crippen LogP contribution in [0.15, 0.2) is 11.1 Å². The molecule has 3 heteroatoms. The molecule has 0 atom stereocenters. The summed E-state index contributed by atoms with van der Waals surface area (Å²) in [5.74, 6) is -0.0254. The largest absolute Gasteiger partial charge is 0.289 e. The molecular formula is C12H17NO2. The first-order valence-electron chi connectivity index (χ1n) is 5.76. The Morgan fingerprint density at radius 3 is 2.07 bits per heavy atom. The van der Waals surface area contributed by atoms with Crippen LogP contribution in [0.1, 0.15) is 45.4 Å². The van der Waals surface area contributed by atoms with Crippen molar-refractivity contribution in [1.82, 2.24) is 5.32 Å². The van der Waals surface area contributed by atoms with Crippen molar-refractivity contribution in [2.75, 3.05) is 0 Å². The van der Waals surface area contributed by atoms with E-state index < -0.39 is 0 Å². The highest BCUT2D eigenvalue weighted by Crippen LogP contribution is 2.32. The standard InChI is InChI=1S/C12H17NO2/c1-8-10(12(15)13-11(8)14)9-6-4-2-3-5-7-9/h9H,2-7H2,1H3,(H,13,14,15). The van der Waals surface area contributed by atoms with Crippen molar-refractivity contribution in [3.63, 3.8) is 0 Å². The number of hydrogen-bond donors (Lipinski definition) is 1. The first-order chi connectivity index (χ1) is 7.20. The molecule has 0 aromatic carbocycles. The van der Waals surface area contributed by atoms with Crippen LogP contribution in [0.2, 0.25) is 0 Å². The quantitative estimate of drug-likeness (QED) is 0.527. The second-order valence-electron chi connectivity index (χ2n) is 4.51. The van der Waals surface area contributed by atoms with Gasteiger partial charge in [-0.1, -0.05) is 25.7 Å². The van der Waals surface area contributed by atoms with Crippen molar-refractivity contribution in [1.29, 1.82) is 0 Å².